The van der Waals surface area contributed by atoms with E-state index in [0.29, 0.717) is 139 Å². The van der Waals surface area contributed by atoms with Crippen molar-refractivity contribution in [3.8, 4) is 23.0 Å². The van der Waals surface area contributed by atoms with Crippen LogP contribution < -0.4 is 75.8 Å². The summed E-state index contributed by atoms with van der Waals surface area (Å²) in [6.07, 6.45) is 21.8. The molecule has 11 heterocycles. The van der Waals surface area contributed by atoms with Gasteiger partial charge in [0.1, 0.15) is 29.6 Å². The van der Waals surface area contributed by atoms with Crippen molar-refractivity contribution in [3.05, 3.63) is 108 Å². The molecule has 1 saturated carbocycles. The van der Waals surface area contributed by atoms with E-state index in [1.165, 1.54) is 94.9 Å². The molecule has 14 amide bonds. The molecule has 632 valence electrons. The average molecular weight is 1620 g/mol. The number of imide groups is 3. The molecule has 0 atom stereocenters. The van der Waals surface area contributed by atoms with Gasteiger partial charge in [0.15, 0.2) is 0 Å². The van der Waals surface area contributed by atoms with Gasteiger partial charge in [0.25, 0.3) is 17.7 Å². The number of benzene rings is 4. The zero-order chi connectivity index (χ0) is 82.1. The number of carbonyl (C=O) groups is 10. The Morgan fingerprint density at radius 1 is 0.436 bits per heavy atom. The number of ether oxygens (including phenoxy) is 6. The van der Waals surface area contributed by atoms with Crippen LogP contribution >= 0.6 is 0 Å². The smallest absolute Gasteiger partial charge is 0.328 e. The maximum atomic E-state index is 13.3. The summed E-state index contributed by atoms with van der Waals surface area (Å²) < 4.78 is 34.5. The molecule has 0 unspecified atom stereocenters. The van der Waals surface area contributed by atoms with Gasteiger partial charge in [-0.3, -0.25) is 69.2 Å². The third-order valence-corrected chi connectivity index (χ3v) is 25.4. The molecule has 31 nitrogen and oxygen atoms in total. The Balaban J connectivity index is 0.000000136. The fourth-order valence-electron chi connectivity index (χ4n) is 18.2. The third-order valence-electron chi connectivity index (χ3n) is 25.4. The van der Waals surface area contributed by atoms with Crippen LogP contribution in [-0.2, 0) is 23.9 Å². The first-order chi connectivity index (χ1) is 56.7. The normalized spacial score (nSPS) is 21.9. The van der Waals surface area contributed by atoms with Crippen molar-refractivity contribution >= 4 is 82.3 Å². The number of urea groups is 4. The summed E-state index contributed by atoms with van der Waals surface area (Å²) in [4.78, 5) is 137. The standard InChI is InChI=1S/C22H30N4O5.C22H31N3O3.2C21H28N4O4/c1-30-19-3-2-15(14-18(19)26-13-8-20(27)24-22(26)29)21(28)25-11-6-17(7-12-25)31-16-4-9-23-10-5-16;26-20-8-13-25(21(27)23-20)18-4-6-19(7-5-18)28-17-16-24-14-11-22(12-15-24)9-2-1-3-10-22;1-15-5-10-25(20(27)23-15)17-13-16(3-4-18(17)28-2)19(26)24-11-12-29-21(14-24)6-8-22-9-7-21;1-29-17-3-2-15(14-16(17)25-11-4-18(26)23-20(25)28)19(27)24-12-7-21(8-13-24)5-9-22-10-6-21/h2-3,14,16-17,23H,4-13H2,1H3,(H,24,27,29);4-7H,1-3,8-17H2,(H,23,26,27);3-4,13,22H,1,5-12,14H2,2H3,(H,23,27);2-3,14,22H,4-13H2,1H3,(H,23,26,28). The highest BCUT2D eigenvalue weighted by molar-refractivity contribution is 6.09. The maximum absolute atomic E-state index is 13.3. The molecule has 11 aliphatic heterocycles. The lowest BCUT2D eigenvalue weighted by atomic mass is 9.68. The first kappa shape index (κ1) is 85.0. The van der Waals surface area contributed by atoms with E-state index in [1.54, 1.807) is 71.5 Å². The number of amides is 14. The fraction of sp³-hybridized carbons (Fsp3) is 0.581. The molecule has 31 heteroatoms. The predicted molar refractivity (Wildman–Crippen MR) is 441 cm³/mol. The van der Waals surface area contributed by atoms with Gasteiger partial charge in [-0.1, -0.05) is 25.8 Å². The van der Waals surface area contributed by atoms with Crippen molar-refractivity contribution in [2.24, 2.45) is 10.8 Å². The number of hydrogen-bond acceptors (Lipinski definition) is 20. The fourth-order valence-corrected chi connectivity index (χ4v) is 18.2. The number of methoxy groups -OCH3 is 3. The number of piperidine rings is 6. The second-order valence-electron chi connectivity index (χ2n) is 32.7. The van der Waals surface area contributed by atoms with Crippen molar-refractivity contribution in [3.63, 3.8) is 0 Å². The van der Waals surface area contributed by atoms with Crippen molar-refractivity contribution in [1.29, 1.82) is 0 Å². The van der Waals surface area contributed by atoms with Crippen LogP contribution in [0.1, 0.15) is 166 Å². The van der Waals surface area contributed by atoms with Gasteiger partial charge in [-0.25, -0.2) is 19.2 Å². The van der Waals surface area contributed by atoms with Crippen LogP contribution in [0.15, 0.2) is 91.1 Å². The molecule has 0 bridgehead atoms. The van der Waals surface area contributed by atoms with E-state index in [9.17, 15) is 47.9 Å². The van der Waals surface area contributed by atoms with Gasteiger partial charge in [-0.15, -0.1) is 0 Å². The van der Waals surface area contributed by atoms with E-state index in [1.807, 2.05) is 39.0 Å². The van der Waals surface area contributed by atoms with Crippen molar-refractivity contribution in [1.82, 2.24) is 56.8 Å². The zero-order valence-corrected chi connectivity index (χ0v) is 68.2. The number of hydrogen-bond donors (Lipinski definition) is 7. The van der Waals surface area contributed by atoms with Crippen LogP contribution in [0.4, 0.5) is 41.9 Å². The van der Waals surface area contributed by atoms with Crippen LogP contribution in [-0.4, -0.2) is 256 Å². The van der Waals surface area contributed by atoms with Crippen LogP contribution in [0.2, 0.25) is 0 Å². The topological polar surface area (TPSA) is 336 Å². The molecule has 4 aromatic rings. The van der Waals surface area contributed by atoms with Gasteiger partial charge in [0, 0.05) is 119 Å². The molecule has 12 aliphatic rings. The van der Waals surface area contributed by atoms with Crippen LogP contribution in [0.25, 0.3) is 0 Å². The number of likely N-dealkylation sites (tertiary alicyclic amines) is 3. The first-order valence-corrected chi connectivity index (χ1v) is 42.1. The van der Waals surface area contributed by atoms with Gasteiger partial charge in [0.05, 0.1) is 69.4 Å². The zero-order valence-electron chi connectivity index (χ0n) is 68.2. The lowest BCUT2D eigenvalue weighted by molar-refractivity contribution is -0.121. The minimum atomic E-state index is -0.505. The Kier molecular flexibility index (Phi) is 28.7. The SMILES string of the molecule is C=C1CCN(c2cc(C(=O)N3CCOC4(CCNCC4)C3)ccc2OC)C(=O)N1.COc1ccc(C(=O)N2CCC(OC3CCNCC3)CC2)cc1N1CCC(=O)NC1=O.COc1ccc(C(=O)N2CCC3(CCNCC3)CC2)cc1N1CCC(=O)NC1=O.O=C1CCN(c2ccc(OCCN3CCC4(CCCCC4)CC3)cc2)C(=O)N1. The molecule has 0 aromatic heterocycles. The van der Waals surface area contributed by atoms with Crippen LogP contribution in [0, 0.1) is 10.8 Å². The summed E-state index contributed by atoms with van der Waals surface area (Å²) >= 11 is 0. The number of anilines is 4. The maximum Gasteiger partial charge on any atom is 0.328 e. The van der Waals surface area contributed by atoms with Gasteiger partial charge >= 0.3 is 24.1 Å². The summed E-state index contributed by atoms with van der Waals surface area (Å²) in [5.41, 5.74) is 5.42. The minimum Gasteiger partial charge on any atom is -0.495 e. The highest BCUT2D eigenvalue weighted by atomic mass is 16.5. The van der Waals surface area contributed by atoms with E-state index < -0.39 is 12.1 Å². The number of rotatable bonds is 16. The van der Waals surface area contributed by atoms with Crippen LogP contribution in [0.5, 0.6) is 23.0 Å². The molecule has 12 fully saturated rings. The molecular formula is C86H117N15O16. The third kappa shape index (κ3) is 21.5. The Labute approximate surface area is 685 Å². The van der Waals surface area contributed by atoms with Gasteiger partial charge in [-0.2, -0.15) is 0 Å². The summed E-state index contributed by atoms with van der Waals surface area (Å²) in [6, 6.07) is 21.4. The number of nitrogens with one attached hydrogen (secondary N) is 7. The molecule has 117 heavy (non-hydrogen) atoms. The molecule has 11 saturated heterocycles. The van der Waals surface area contributed by atoms with E-state index >= 15 is 0 Å². The second kappa shape index (κ2) is 39.6. The van der Waals surface area contributed by atoms with E-state index in [0.717, 1.165) is 122 Å². The van der Waals surface area contributed by atoms with Crippen molar-refractivity contribution in [2.75, 3.05) is 178 Å². The molecule has 16 rings (SSSR count). The minimum absolute atomic E-state index is 0.0221. The second-order valence-corrected chi connectivity index (χ2v) is 32.7. The highest BCUT2D eigenvalue weighted by Crippen LogP contribution is 2.45. The van der Waals surface area contributed by atoms with Crippen molar-refractivity contribution in [2.45, 2.75) is 153 Å². The Morgan fingerprint density at radius 2 is 0.863 bits per heavy atom. The highest BCUT2D eigenvalue weighted by Gasteiger charge is 2.42. The Hall–Kier alpha value is -9.92. The largest absolute Gasteiger partial charge is 0.495 e. The summed E-state index contributed by atoms with van der Waals surface area (Å²) in [5.74, 6) is 1.40. The first-order valence-electron chi connectivity index (χ1n) is 42.1. The Bertz CT molecular complexity index is 4200. The summed E-state index contributed by atoms with van der Waals surface area (Å²) in [6.45, 7) is 19.8. The molecule has 7 N–H and O–H groups in total. The van der Waals surface area contributed by atoms with E-state index in [2.05, 4.69) is 48.7 Å². The molecule has 1 aliphatic carbocycles. The number of carbonyl (C=O) groups excluding carboxylic acids is 10. The monoisotopic (exact) mass is 1620 g/mol. The summed E-state index contributed by atoms with van der Waals surface area (Å²) in [7, 11) is 4.60. The molecule has 0 radical (unpaired) electrons. The van der Waals surface area contributed by atoms with Gasteiger partial charge in [0.2, 0.25) is 17.7 Å². The molecule has 3 spiro atoms. The Morgan fingerprint density at radius 3 is 1.35 bits per heavy atom. The predicted octanol–water partition coefficient (Wildman–Crippen LogP) is 8.54. The van der Waals surface area contributed by atoms with Crippen LogP contribution in [0.3, 0.4) is 0 Å². The van der Waals surface area contributed by atoms with E-state index in [-0.39, 0.29) is 85.1 Å². The lowest BCUT2D eigenvalue weighted by Crippen LogP contribution is -2.57. The molecule has 4 aromatic carbocycles. The number of morpholine rings is 1. The van der Waals surface area contributed by atoms with E-state index in [4.69, 9.17) is 28.4 Å². The lowest BCUT2D eigenvalue weighted by Gasteiger charge is -2.45. The van der Waals surface area contributed by atoms with Crippen molar-refractivity contribution < 1.29 is 76.4 Å². The van der Waals surface area contributed by atoms with Gasteiger partial charge < -0.3 is 64.4 Å². The number of nitrogens with zero attached hydrogens (tertiary/aromatic N) is 8. The molecular weight excluding hydrogens is 1500 g/mol. The quantitative estimate of drug-likeness (QED) is 0.0552. The van der Waals surface area contributed by atoms with Gasteiger partial charge in [-0.05, 0) is 232 Å². The average Bonchev–Trinajstić information content (AvgIpc) is 0.791. The summed E-state index contributed by atoms with van der Waals surface area (Å²) in [5, 5.41) is 19.8.